The van der Waals surface area contributed by atoms with Gasteiger partial charge in [0.05, 0.1) is 0 Å². The molecule has 3 aromatic rings. The van der Waals surface area contributed by atoms with Crippen LogP contribution in [-0.2, 0) is 4.57 Å². The number of rotatable bonds is 5. The molecule has 0 fully saturated rings. The van der Waals surface area contributed by atoms with Crippen LogP contribution in [0, 0.1) is 27.7 Å². The molecule has 0 saturated carbocycles. The minimum absolute atomic E-state index is 0.0550. The molecule has 0 aliphatic carbocycles. The van der Waals surface area contributed by atoms with Crippen molar-refractivity contribution in [1.82, 2.24) is 5.09 Å². The van der Waals surface area contributed by atoms with E-state index in [4.69, 9.17) is 0 Å². The summed E-state index contributed by atoms with van der Waals surface area (Å²) in [4.78, 5) is 0. The summed E-state index contributed by atoms with van der Waals surface area (Å²) in [6.07, 6.45) is 0. The zero-order chi connectivity index (χ0) is 20.5. The van der Waals surface area contributed by atoms with Gasteiger partial charge in [0.1, 0.15) is 0 Å². The summed E-state index contributed by atoms with van der Waals surface area (Å²) in [7, 11) is -3.03. The van der Waals surface area contributed by atoms with E-state index >= 15 is 0 Å². The van der Waals surface area contributed by atoms with Crippen LogP contribution < -0.4 is 15.7 Å². The zero-order valence-electron chi connectivity index (χ0n) is 17.1. The molecule has 4 heteroatoms. The fourth-order valence-corrected chi connectivity index (χ4v) is 6.76. The van der Waals surface area contributed by atoms with E-state index in [9.17, 15) is 4.57 Å². The van der Waals surface area contributed by atoms with Crippen LogP contribution in [0.5, 0.6) is 0 Å². The molecule has 3 rings (SSSR count). The Morgan fingerprint density at radius 2 is 1.14 bits per heavy atom. The van der Waals surface area contributed by atoms with Gasteiger partial charge < -0.3 is 0 Å². The highest BCUT2D eigenvalue weighted by Gasteiger charge is 2.30. The minimum Gasteiger partial charge on any atom is -0.297 e. The van der Waals surface area contributed by atoms with Gasteiger partial charge in [0, 0.05) is 21.1 Å². The second kappa shape index (κ2) is 8.37. The molecule has 0 radical (unpaired) electrons. The van der Waals surface area contributed by atoms with Crippen LogP contribution in [0.15, 0.2) is 65.1 Å². The Morgan fingerprint density at radius 3 is 1.54 bits per heavy atom. The minimum atomic E-state index is -3.03. The molecule has 0 amide bonds. The van der Waals surface area contributed by atoms with Crippen molar-refractivity contribution in [2.45, 2.75) is 40.7 Å². The quantitative estimate of drug-likeness (QED) is 0.459. The van der Waals surface area contributed by atoms with Gasteiger partial charge in [-0.15, -0.1) is 0 Å². The first kappa shape index (κ1) is 21.0. The number of halogens is 1. The van der Waals surface area contributed by atoms with E-state index in [0.717, 1.165) is 42.9 Å². The molecule has 0 bridgehead atoms. The molecule has 0 heterocycles. The highest BCUT2D eigenvalue weighted by molar-refractivity contribution is 9.10. The second-order valence-electron chi connectivity index (χ2n) is 7.70. The molecule has 146 valence electrons. The Kier molecular flexibility index (Phi) is 6.29. The van der Waals surface area contributed by atoms with Crippen LogP contribution in [0.3, 0.4) is 0 Å². The van der Waals surface area contributed by atoms with Crippen molar-refractivity contribution in [3.05, 3.63) is 93.0 Å². The molecule has 1 N–H and O–H groups in total. The summed E-state index contributed by atoms with van der Waals surface area (Å²) in [5, 5.41) is 5.23. The highest BCUT2D eigenvalue weighted by Crippen LogP contribution is 2.42. The molecular weight excluding hydrogens is 429 g/mol. The molecule has 0 spiro atoms. The van der Waals surface area contributed by atoms with Crippen LogP contribution in [0.25, 0.3) is 0 Å². The molecule has 0 aliphatic heterocycles. The van der Waals surface area contributed by atoms with Crippen molar-refractivity contribution in [3.8, 4) is 0 Å². The number of hydrogen-bond acceptors (Lipinski definition) is 1. The van der Waals surface area contributed by atoms with Gasteiger partial charge in [-0.05, 0) is 76.6 Å². The van der Waals surface area contributed by atoms with Gasteiger partial charge in [0.15, 0.2) is 0 Å². The van der Waals surface area contributed by atoms with Gasteiger partial charge in [-0.3, -0.25) is 9.65 Å². The Balaban J connectivity index is 2.13. The molecule has 28 heavy (non-hydrogen) atoms. The van der Waals surface area contributed by atoms with E-state index in [-0.39, 0.29) is 6.04 Å². The molecule has 3 aromatic carbocycles. The van der Waals surface area contributed by atoms with E-state index in [1.807, 2.05) is 36.4 Å². The molecule has 1 atom stereocenters. The van der Waals surface area contributed by atoms with Crippen molar-refractivity contribution >= 4 is 33.8 Å². The standard InChI is InChI=1S/C24H27BrNOP/c1-16-10-17(2)13-23(12-16)28(27,24-14-18(3)11-19(4)15-24)26-20(5)21-6-8-22(25)9-7-21/h6-15,20H,1-5H3,(H,26,27)/t20-/m1/s1. The Bertz CT molecular complexity index is 947. The third-order valence-corrected chi connectivity index (χ3v) is 8.14. The molecule has 0 aromatic heterocycles. The predicted molar refractivity (Wildman–Crippen MR) is 124 cm³/mol. The lowest BCUT2D eigenvalue weighted by atomic mass is 10.1. The van der Waals surface area contributed by atoms with Crippen molar-refractivity contribution in [3.63, 3.8) is 0 Å². The van der Waals surface area contributed by atoms with Gasteiger partial charge in [-0.25, -0.2) is 0 Å². The summed E-state index contributed by atoms with van der Waals surface area (Å²) < 4.78 is 15.6. The first-order chi connectivity index (χ1) is 13.2. The summed E-state index contributed by atoms with van der Waals surface area (Å²) in [5.74, 6) is 0. The molecular formula is C24H27BrNOP. The van der Waals surface area contributed by atoms with E-state index in [2.05, 4.69) is 79.9 Å². The number of nitrogens with one attached hydrogen (secondary N) is 1. The van der Waals surface area contributed by atoms with Gasteiger partial charge >= 0.3 is 0 Å². The third kappa shape index (κ3) is 4.66. The Morgan fingerprint density at radius 1 is 0.750 bits per heavy atom. The van der Waals surface area contributed by atoms with E-state index in [1.165, 1.54) is 0 Å². The highest BCUT2D eigenvalue weighted by atomic mass is 79.9. The third-order valence-electron chi connectivity index (χ3n) is 4.89. The van der Waals surface area contributed by atoms with Crippen molar-refractivity contribution in [1.29, 1.82) is 0 Å². The van der Waals surface area contributed by atoms with E-state index in [1.54, 1.807) is 0 Å². The maximum absolute atomic E-state index is 14.6. The first-order valence-corrected chi connectivity index (χ1v) is 12.0. The van der Waals surface area contributed by atoms with Gasteiger partial charge in [-0.1, -0.05) is 62.4 Å². The smallest absolute Gasteiger partial charge is 0.205 e. The largest absolute Gasteiger partial charge is 0.297 e. The summed E-state index contributed by atoms with van der Waals surface area (Å²) in [5.41, 5.74) is 5.60. The Labute approximate surface area is 176 Å². The lowest BCUT2D eigenvalue weighted by Crippen LogP contribution is -2.30. The SMILES string of the molecule is Cc1cc(C)cc(P(=O)(N[C@H](C)c2ccc(Br)cc2)c2cc(C)cc(C)c2)c1. The number of hydrogen-bond donors (Lipinski definition) is 1. The van der Waals surface area contributed by atoms with E-state index in [0.29, 0.717) is 0 Å². The van der Waals surface area contributed by atoms with E-state index < -0.39 is 7.29 Å². The number of aryl methyl sites for hydroxylation is 4. The Hall–Kier alpha value is -1.67. The topological polar surface area (TPSA) is 29.1 Å². The van der Waals surface area contributed by atoms with Crippen LogP contribution in [0.1, 0.15) is 40.8 Å². The zero-order valence-corrected chi connectivity index (χ0v) is 19.6. The van der Waals surface area contributed by atoms with Crippen LogP contribution >= 0.6 is 23.2 Å². The molecule has 2 nitrogen and oxygen atoms in total. The van der Waals surface area contributed by atoms with Crippen LogP contribution in [0.4, 0.5) is 0 Å². The van der Waals surface area contributed by atoms with Crippen LogP contribution in [-0.4, -0.2) is 0 Å². The summed E-state index contributed by atoms with van der Waals surface area (Å²) in [6.45, 7) is 10.3. The lowest BCUT2D eigenvalue weighted by Gasteiger charge is -2.26. The molecule has 0 saturated heterocycles. The normalized spacial score (nSPS) is 12.8. The fourth-order valence-electron chi connectivity index (χ4n) is 3.66. The monoisotopic (exact) mass is 455 g/mol. The average molecular weight is 456 g/mol. The lowest BCUT2D eigenvalue weighted by molar-refractivity contribution is 0.568. The molecule has 0 unspecified atom stereocenters. The number of benzene rings is 3. The summed E-state index contributed by atoms with van der Waals surface area (Å²) >= 11 is 3.49. The molecule has 0 aliphatic rings. The first-order valence-electron chi connectivity index (χ1n) is 9.48. The second-order valence-corrected chi connectivity index (χ2v) is 11.1. The maximum atomic E-state index is 14.6. The maximum Gasteiger partial charge on any atom is 0.205 e. The predicted octanol–water partition coefficient (Wildman–Crippen LogP) is 6.26. The van der Waals surface area contributed by atoms with Crippen molar-refractivity contribution in [2.75, 3.05) is 0 Å². The van der Waals surface area contributed by atoms with Crippen molar-refractivity contribution < 1.29 is 4.57 Å². The summed E-state index contributed by atoms with van der Waals surface area (Å²) in [6, 6.07) is 20.5. The fraction of sp³-hybridized carbons (Fsp3) is 0.250. The van der Waals surface area contributed by atoms with Gasteiger partial charge in [0.2, 0.25) is 7.29 Å². The van der Waals surface area contributed by atoms with Crippen LogP contribution in [0.2, 0.25) is 0 Å². The average Bonchev–Trinajstić information content (AvgIpc) is 2.60. The van der Waals surface area contributed by atoms with Gasteiger partial charge in [-0.2, -0.15) is 0 Å². The van der Waals surface area contributed by atoms with Crippen molar-refractivity contribution in [2.24, 2.45) is 0 Å². The van der Waals surface area contributed by atoms with Gasteiger partial charge in [0.25, 0.3) is 0 Å².